The molecule has 0 bridgehead atoms. The molecule has 0 spiro atoms. The molecule has 0 radical (unpaired) electrons. The molecular weight excluding hydrogens is 436 g/mol. The van der Waals surface area contributed by atoms with Gasteiger partial charge in [-0.2, -0.15) is 13.2 Å². The second-order valence-electron chi connectivity index (χ2n) is 7.43. The van der Waals surface area contributed by atoms with Crippen molar-refractivity contribution in [3.8, 4) is 11.1 Å². The van der Waals surface area contributed by atoms with E-state index in [-0.39, 0.29) is 11.6 Å². The van der Waals surface area contributed by atoms with Gasteiger partial charge in [0.1, 0.15) is 23.8 Å². The Hall–Kier alpha value is -3.24. The maximum absolute atomic E-state index is 13.4. The highest BCUT2D eigenvalue weighted by Gasteiger charge is 2.30. The zero-order valence-corrected chi connectivity index (χ0v) is 17.9. The predicted octanol–water partition coefficient (Wildman–Crippen LogP) is 3.48. The van der Waals surface area contributed by atoms with Crippen LogP contribution in [0.5, 0.6) is 0 Å². The van der Waals surface area contributed by atoms with Crippen molar-refractivity contribution >= 4 is 11.6 Å². The summed E-state index contributed by atoms with van der Waals surface area (Å²) >= 11 is 0. The fourth-order valence-electron chi connectivity index (χ4n) is 3.41. The van der Waals surface area contributed by atoms with Crippen molar-refractivity contribution in [1.82, 2.24) is 15.3 Å². The fourth-order valence-corrected chi connectivity index (χ4v) is 3.41. The molecule has 0 aliphatic rings. The van der Waals surface area contributed by atoms with Crippen LogP contribution in [0.25, 0.3) is 11.1 Å². The normalized spacial score (nSPS) is 11.5. The van der Waals surface area contributed by atoms with Crippen LogP contribution in [0.15, 0.2) is 54.9 Å². The van der Waals surface area contributed by atoms with E-state index in [1.54, 1.807) is 12.1 Å². The van der Waals surface area contributed by atoms with Gasteiger partial charge in [-0.3, -0.25) is 0 Å². The highest BCUT2D eigenvalue weighted by Crippen LogP contribution is 2.33. The number of rotatable bonds is 10. The molecule has 0 saturated carbocycles. The first-order valence-electron chi connectivity index (χ1n) is 10.5. The summed E-state index contributed by atoms with van der Waals surface area (Å²) < 4.78 is 52.0. The Balaban J connectivity index is 1.86. The smallest absolute Gasteiger partial charge is 0.383 e. The van der Waals surface area contributed by atoms with Gasteiger partial charge < -0.3 is 21.7 Å². The van der Waals surface area contributed by atoms with Crippen LogP contribution < -0.4 is 21.7 Å². The van der Waals surface area contributed by atoms with E-state index in [2.05, 4.69) is 15.3 Å². The van der Waals surface area contributed by atoms with Gasteiger partial charge >= 0.3 is 6.18 Å². The van der Waals surface area contributed by atoms with E-state index in [0.717, 1.165) is 17.7 Å². The second-order valence-corrected chi connectivity index (χ2v) is 7.43. The zero-order chi connectivity index (χ0) is 23.8. The Morgan fingerprint density at radius 3 is 2.24 bits per heavy atom. The summed E-state index contributed by atoms with van der Waals surface area (Å²) in [6.07, 6.45) is -2.53. The van der Waals surface area contributed by atoms with Gasteiger partial charge in [0.2, 0.25) is 0 Å². The Labute approximate surface area is 189 Å². The van der Waals surface area contributed by atoms with E-state index in [1.807, 2.05) is 4.90 Å². The molecule has 0 amide bonds. The van der Waals surface area contributed by atoms with Crippen LogP contribution in [-0.2, 0) is 12.6 Å². The first-order chi connectivity index (χ1) is 15.8. The van der Waals surface area contributed by atoms with E-state index in [0.29, 0.717) is 56.1 Å². The van der Waals surface area contributed by atoms with Crippen molar-refractivity contribution < 1.29 is 17.6 Å². The average molecular weight is 462 g/mol. The minimum absolute atomic E-state index is 0.251. The van der Waals surface area contributed by atoms with Crippen molar-refractivity contribution in [1.29, 1.82) is 0 Å². The predicted molar refractivity (Wildman–Crippen MR) is 121 cm³/mol. The summed E-state index contributed by atoms with van der Waals surface area (Å²) in [5, 5.41) is 3.22. The summed E-state index contributed by atoms with van der Waals surface area (Å²) in [7, 11) is 0. The van der Waals surface area contributed by atoms with Crippen LogP contribution in [0.1, 0.15) is 11.1 Å². The maximum Gasteiger partial charge on any atom is 0.416 e. The summed E-state index contributed by atoms with van der Waals surface area (Å²) in [5.41, 5.74) is 13.0. The topological polar surface area (TPSA) is 93.1 Å². The van der Waals surface area contributed by atoms with Crippen molar-refractivity contribution in [2.75, 3.05) is 43.4 Å². The van der Waals surface area contributed by atoms with Crippen molar-refractivity contribution in [2.24, 2.45) is 5.73 Å². The van der Waals surface area contributed by atoms with E-state index >= 15 is 0 Å². The Morgan fingerprint density at radius 2 is 1.61 bits per heavy atom. The lowest BCUT2D eigenvalue weighted by atomic mass is 10.1. The molecule has 1 aromatic heterocycles. The summed E-state index contributed by atoms with van der Waals surface area (Å²) in [5.74, 6) is 0.442. The lowest BCUT2D eigenvalue weighted by molar-refractivity contribution is -0.137. The highest BCUT2D eigenvalue weighted by atomic mass is 19.4. The third-order valence-corrected chi connectivity index (χ3v) is 5.12. The van der Waals surface area contributed by atoms with Crippen LogP contribution in [-0.4, -0.2) is 42.7 Å². The number of nitrogens with one attached hydrogen (secondary N) is 1. The van der Waals surface area contributed by atoms with E-state index in [9.17, 15) is 17.6 Å². The van der Waals surface area contributed by atoms with Crippen molar-refractivity contribution in [3.05, 3.63) is 71.8 Å². The molecule has 0 fully saturated rings. The number of alkyl halides is 3. The Morgan fingerprint density at radius 1 is 0.909 bits per heavy atom. The van der Waals surface area contributed by atoms with Crippen LogP contribution in [0, 0.1) is 5.82 Å². The molecule has 0 saturated heterocycles. The molecule has 3 rings (SSSR count). The maximum atomic E-state index is 13.4. The largest absolute Gasteiger partial charge is 0.416 e. The van der Waals surface area contributed by atoms with Crippen LogP contribution in [0.4, 0.5) is 29.2 Å². The van der Waals surface area contributed by atoms with Crippen LogP contribution >= 0.6 is 0 Å². The van der Waals surface area contributed by atoms with Gasteiger partial charge in [-0.15, -0.1) is 0 Å². The van der Waals surface area contributed by atoms with E-state index in [4.69, 9.17) is 11.5 Å². The van der Waals surface area contributed by atoms with Gasteiger partial charge in [0.05, 0.1) is 11.1 Å². The van der Waals surface area contributed by atoms with Crippen LogP contribution in [0.3, 0.4) is 0 Å². The summed E-state index contributed by atoms with van der Waals surface area (Å²) in [4.78, 5) is 10.5. The third kappa shape index (κ3) is 6.62. The van der Waals surface area contributed by atoms with E-state index < -0.39 is 11.7 Å². The number of nitrogens with zero attached hydrogens (tertiary/aromatic N) is 3. The molecule has 6 nitrogen and oxygen atoms in total. The second kappa shape index (κ2) is 11.1. The molecule has 10 heteroatoms. The van der Waals surface area contributed by atoms with Gasteiger partial charge in [0.15, 0.2) is 0 Å². The number of hydrogen-bond donors (Lipinski definition) is 3. The standard InChI is InChI=1S/C23H26F4N6/c24-19-7-3-17(4-8-19)20-21(29)31-15-32-22(20)33(14-12-30-11-10-28)13-9-16-1-5-18(6-2-16)23(25,26)27/h1-8,15,30H,9-14,28H2,(H2,29,31,32). The lowest BCUT2D eigenvalue weighted by Crippen LogP contribution is -2.36. The minimum atomic E-state index is -4.37. The number of aromatic nitrogens is 2. The molecule has 0 unspecified atom stereocenters. The van der Waals surface area contributed by atoms with Gasteiger partial charge in [0, 0.05) is 32.7 Å². The van der Waals surface area contributed by atoms with Crippen LogP contribution in [0.2, 0.25) is 0 Å². The number of benzene rings is 2. The van der Waals surface area contributed by atoms with E-state index in [1.165, 1.54) is 30.6 Å². The Bertz CT molecular complexity index is 1020. The molecule has 3 aromatic rings. The molecule has 0 aliphatic heterocycles. The first-order valence-corrected chi connectivity index (χ1v) is 10.5. The minimum Gasteiger partial charge on any atom is -0.383 e. The third-order valence-electron chi connectivity index (χ3n) is 5.12. The average Bonchev–Trinajstić information content (AvgIpc) is 2.79. The number of hydrogen-bond acceptors (Lipinski definition) is 6. The molecular formula is C23H26F4N6. The first kappa shape index (κ1) is 24.4. The van der Waals surface area contributed by atoms with Gasteiger partial charge in [-0.1, -0.05) is 24.3 Å². The number of anilines is 2. The molecule has 176 valence electrons. The summed E-state index contributed by atoms with van der Waals surface area (Å²) in [6, 6.07) is 11.0. The fraction of sp³-hybridized carbons (Fsp3) is 0.304. The van der Waals surface area contributed by atoms with Gasteiger partial charge in [-0.25, -0.2) is 14.4 Å². The molecule has 33 heavy (non-hydrogen) atoms. The quantitative estimate of drug-likeness (QED) is 0.316. The lowest BCUT2D eigenvalue weighted by Gasteiger charge is -2.27. The molecule has 5 N–H and O–H groups in total. The number of halogens is 4. The molecule has 2 aromatic carbocycles. The SMILES string of the molecule is NCCNCCN(CCc1ccc(C(F)(F)F)cc1)c1ncnc(N)c1-c1ccc(F)cc1. The number of nitrogens with two attached hydrogens (primary N) is 2. The molecule has 0 atom stereocenters. The van der Waals surface area contributed by atoms with Gasteiger partial charge in [-0.05, 0) is 41.8 Å². The zero-order valence-electron chi connectivity index (χ0n) is 17.9. The van der Waals surface area contributed by atoms with Crippen molar-refractivity contribution in [3.63, 3.8) is 0 Å². The highest BCUT2D eigenvalue weighted by molar-refractivity contribution is 5.84. The molecule has 0 aliphatic carbocycles. The monoisotopic (exact) mass is 462 g/mol. The number of nitrogen functional groups attached to an aromatic ring is 1. The van der Waals surface area contributed by atoms with Crippen molar-refractivity contribution in [2.45, 2.75) is 12.6 Å². The molecule has 1 heterocycles. The van der Waals surface area contributed by atoms with Gasteiger partial charge in [0.25, 0.3) is 0 Å². The summed E-state index contributed by atoms with van der Waals surface area (Å²) in [6.45, 7) is 2.76. The Kier molecular flexibility index (Phi) is 8.18.